The van der Waals surface area contributed by atoms with E-state index < -0.39 is 11.9 Å². The summed E-state index contributed by atoms with van der Waals surface area (Å²) in [6.07, 6.45) is 0. The summed E-state index contributed by atoms with van der Waals surface area (Å²) >= 11 is 1.34. The van der Waals surface area contributed by atoms with Crippen LogP contribution < -0.4 is 0 Å². The number of carbonyl (C=O) groups is 2. The van der Waals surface area contributed by atoms with Crippen molar-refractivity contribution in [2.45, 2.75) is 12.8 Å². The van der Waals surface area contributed by atoms with Crippen molar-refractivity contribution in [3.8, 4) is 10.8 Å². The van der Waals surface area contributed by atoms with Crippen LogP contribution in [-0.2, 0) is 4.79 Å². The van der Waals surface area contributed by atoms with E-state index in [0.717, 1.165) is 11.3 Å². The average Bonchev–Trinajstić information content (AvgIpc) is 3.40. The molecule has 0 bridgehead atoms. The van der Waals surface area contributed by atoms with Gasteiger partial charge in [0.2, 0.25) is 0 Å². The fourth-order valence-electron chi connectivity index (χ4n) is 3.45. The molecule has 27 heavy (non-hydrogen) atoms. The Kier molecular flexibility index (Phi) is 4.53. The molecule has 1 aliphatic rings. The summed E-state index contributed by atoms with van der Waals surface area (Å²) in [7, 11) is 0. The number of likely N-dealkylation sites (tertiary alicyclic amines) is 1. The second-order valence-corrected chi connectivity index (χ2v) is 7.48. The Bertz CT molecular complexity index is 979. The van der Waals surface area contributed by atoms with E-state index in [1.807, 2.05) is 49.4 Å². The first-order valence-electron chi connectivity index (χ1n) is 8.62. The molecule has 4 rings (SSSR count). The molecule has 1 saturated heterocycles. The zero-order valence-corrected chi connectivity index (χ0v) is 15.5. The van der Waals surface area contributed by atoms with Crippen LogP contribution in [0, 0.1) is 12.8 Å². The van der Waals surface area contributed by atoms with Crippen LogP contribution in [0.2, 0.25) is 0 Å². The van der Waals surface area contributed by atoms with Crippen LogP contribution >= 0.6 is 11.3 Å². The van der Waals surface area contributed by atoms with Gasteiger partial charge in [0.1, 0.15) is 11.5 Å². The molecule has 1 fully saturated rings. The zero-order chi connectivity index (χ0) is 19.0. The van der Waals surface area contributed by atoms with Gasteiger partial charge in [-0.2, -0.15) is 0 Å². The number of aryl methyl sites for hydroxylation is 1. The molecule has 1 aromatic carbocycles. The number of carboxylic acid groups (broad SMARTS) is 1. The van der Waals surface area contributed by atoms with Crippen LogP contribution in [0.15, 0.2) is 52.3 Å². The lowest BCUT2D eigenvalue weighted by molar-refractivity contribution is -0.141. The number of carboxylic acids is 1. The van der Waals surface area contributed by atoms with Gasteiger partial charge in [-0.1, -0.05) is 30.3 Å². The number of hydrogen-bond donors (Lipinski definition) is 1. The summed E-state index contributed by atoms with van der Waals surface area (Å²) in [5, 5.41) is 11.9. The van der Waals surface area contributed by atoms with Gasteiger partial charge in [0.05, 0.1) is 5.92 Å². The van der Waals surface area contributed by atoms with E-state index in [2.05, 4.69) is 4.98 Å². The number of carbonyl (C=O) groups excluding carboxylic acids is 1. The molecule has 0 spiro atoms. The second-order valence-electron chi connectivity index (χ2n) is 6.62. The van der Waals surface area contributed by atoms with E-state index in [1.165, 1.54) is 11.3 Å². The summed E-state index contributed by atoms with van der Waals surface area (Å²) < 4.78 is 5.56. The molecule has 0 saturated carbocycles. The average molecular weight is 382 g/mol. The van der Waals surface area contributed by atoms with Crippen molar-refractivity contribution in [3.63, 3.8) is 0 Å². The third kappa shape index (κ3) is 3.38. The van der Waals surface area contributed by atoms with Crippen LogP contribution in [0.25, 0.3) is 10.8 Å². The van der Waals surface area contributed by atoms with Crippen molar-refractivity contribution in [1.29, 1.82) is 0 Å². The smallest absolute Gasteiger partial charge is 0.308 e. The number of rotatable bonds is 4. The number of aromatic nitrogens is 1. The molecule has 2 unspecified atom stereocenters. The molecule has 1 N–H and O–H groups in total. The number of aliphatic carboxylic acids is 1. The van der Waals surface area contributed by atoms with Gasteiger partial charge in [0, 0.05) is 24.4 Å². The third-order valence-corrected chi connectivity index (χ3v) is 5.68. The molecule has 7 heteroatoms. The summed E-state index contributed by atoms with van der Waals surface area (Å²) in [6, 6.07) is 13.2. The Hall–Kier alpha value is -2.93. The molecule has 1 aliphatic heterocycles. The molecular formula is C20H18N2O4S. The van der Waals surface area contributed by atoms with Gasteiger partial charge in [0.15, 0.2) is 10.8 Å². The highest BCUT2D eigenvalue weighted by atomic mass is 32.1. The topological polar surface area (TPSA) is 83.6 Å². The SMILES string of the molecule is Cc1ccc(-c2nc(C(=O)N3CC(C(=O)O)C(c4ccccc4)C3)cs2)o1. The minimum Gasteiger partial charge on any atom is -0.481 e. The first-order valence-corrected chi connectivity index (χ1v) is 9.50. The molecule has 0 aliphatic carbocycles. The predicted octanol–water partition coefficient (Wildman–Crippen LogP) is 3.65. The normalized spacial score (nSPS) is 19.4. The van der Waals surface area contributed by atoms with Crippen LogP contribution in [-0.4, -0.2) is 40.0 Å². The fourth-order valence-corrected chi connectivity index (χ4v) is 4.21. The maximum absolute atomic E-state index is 12.9. The zero-order valence-electron chi connectivity index (χ0n) is 14.7. The highest BCUT2D eigenvalue weighted by Crippen LogP contribution is 2.34. The molecule has 2 aromatic heterocycles. The largest absolute Gasteiger partial charge is 0.481 e. The maximum atomic E-state index is 12.9. The van der Waals surface area contributed by atoms with Crippen LogP contribution in [0.4, 0.5) is 0 Å². The Balaban J connectivity index is 1.56. The molecular weight excluding hydrogens is 364 g/mol. The van der Waals surface area contributed by atoms with Gasteiger partial charge in [0.25, 0.3) is 5.91 Å². The Morgan fingerprint density at radius 3 is 2.63 bits per heavy atom. The first kappa shape index (κ1) is 17.5. The number of furan rings is 1. The molecule has 2 atom stereocenters. The van der Waals surface area contributed by atoms with Gasteiger partial charge in [-0.05, 0) is 24.6 Å². The van der Waals surface area contributed by atoms with Gasteiger partial charge in [-0.3, -0.25) is 9.59 Å². The molecule has 0 radical (unpaired) electrons. The van der Waals surface area contributed by atoms with Crippen molar-refractivity contribution >= 4 is 23.2 Å². The van der Waals surface area contributed by atoms with Crippen molar-refractivity contribution in [3.05, 3.63) is 64.9 Å². The van der Waals surface area contributed by atoms with Gasteiger partial charge in [-0.15, -0.1) is 11.3 Å². The van der Waals surface area contributed by atoms with Crippen molar-refractivity contribution < 1.29 is 19.1 Å². The minimum atomic E-state index is -0.885. The van der Waals surface area contributed by atoms with Crippen molar-refractivity contribution in [2.24, 2.45) is 5.92 Å². The lowest BCUT2D eigenvalue weighted by atomic mass is 9.89. The standard InChI is InChI=1S/C20H18N2O4S/c1-12-7-8-17(26-12)18-21-16(11-27-18)19(23)22-9-14(15(10-22)20(24)25)13-5-3-2-4-6-13/h2-8,11,14-15H,9-10H2,1H3,(H,24,25). The molecule has 138 valence electrons. The Labute approximate surface area is 160 Å². The quantitative estimate of drug-likeness (QED) is 0.745. The second kappa shape index (κ2) is 7.00. The molecule has 3 heterocycles. The summed E-state index contributed by atoms with van der Waals surface area (Å²) in [5.41, 5.74) is 1.26. The lowest BCUT2D eigenvalue weighted by Gasteiger charge is -2.15. The van der Waals surface area contributed by atoms with Crippen LogP contribution in [0.3, 0.4) is 0 Å². The molecule has 3 aromatic rings. The van der Waals surface area contributed by atoms with E-state index >= 15 is 0 Å². The third-order valence-electron chi connectivity index (χ3n) is 4.83. The fraction of sp³-hybridized carbons (Fsp3) is 0.250. The molecule has 6 nitrogen and oxygen atoms in total. The lowest BCUT2D eigenvalue weighted by Crippen LogP contribution is -2.30. The van der Waals surface area contributed by atoms with Gasteiger partial charge in [-0.25, -0.2) is 4.98 Å². The van der Waals surface area contributed by atoms with E-state index in [9.17, 15) is 14.7 Å². The van der Waals surface area contributed by atoms with Crippen molar-refractivity contribution in [2.75, 3.05) is 13.1 Å². The Morgan fingerprint density at radius 1 is 1.19 bits per heavy atom. The minimum absolute atomic E-state index is 0.181. The number of benzene rings is 1. The monoisotopic (exact) mass is 382 g/mol. The predicted molar refractivity (Wildman–Crippen MR) is 101 cm³/mol. The van der Waals surface area contributed by atoms with Gasteiger partial charge >= 0.3 is 5.97 Å². The van der Waals surface area contributed by atoms with Crippen molar-refractivity contribution in [1.82, 2.24) is 9.88 Å². The van der Waals surface area contributed by atoms with Crippen LogP contribution in [0.5, 0.6) is 0 Å². The van der Waals surface area contributed by atoms with E-state index in [4.69, 9.17) is 4.42 Å². The summed E-state index contributed by atoms with van der Waals surface area (Å²) in [6.45, 7) is 2.40. The highest BCUT2D eigenvalue weighted by molar-refractivity contribution is 7.13. The summed E-state index contributed by atoms with van der Waals surface area (Å²) in [4.78, 5) is 30.6. The van der Waals surface area contributed by atoms with E-state index in [1.54, 1.807) is 10.3 Å². The molecule has 1 amide bonds. The maximum Gasteiger partial charge on any atom is 0.308 e. The van der Waals surface area contributed by atoms with Gasteiger partial charge < -0.3 is 14.4 Å². The van der Waals surface area contributed by atoms with Crippen LogP contribution in [0.1, 0.15) is 27.7 Å². The first-order chi connectivity index (χ1) is 13.0. The highest BCUT2D eigenvalue weighted by Gasteiger charge is 2.41. The number of hydrogen-bond acceptors (Lipinski definition) is 5. The number of amides is 1. The Morgan fingerprint density at radius 2 is 1.96 bits per heavy atom. The van der Waals surface area contributed by atoms with E-state index in [0.29, 0.717) is 23.0 Å². The summed E-state index contributed by atoms with van der Waals surface area (Å²) in [5.74, 6) is -0.568. The number of nitrogens with zero attached hydrogens (tertiary/aromatic N) is 2. The number of thiazole rings is 1. The van der Waals surface area contributed by atoms with E-state index in [-0.39, 0.29) is 18.4 Å².